The van der Waals surface area contributed by atoms with Crippen LogP contribution in [0.3, 0.4) is 0 Å². The lowest BCUT2D eigenvalue weighted by molar-refractivity contribution is -0.122. The highest BCUT2D eigenvalue weighted by Crippen LogP contribution is 2.19. The minimum atomic E-state index is -4.03. The fourth-order valence-corrected chi connectivity index (χ4v) is 4.23. The fraction of sp³-hybridized carbons (Fsp3) is 0.167. The zero-order valence-corrected chi connectivity index (χ0v) is 18.9. The van der Waals surface area contributed by atoms with Crippen LogP contribution in [-0.4, -0.2) is 32.9 Å². The van der Waals surface area contributed by atoms with Crippen molar-refractivity contribution in [1.29, 1.82) is 0 Å². The van der Waals surface area contributed by atoms with E-state index in [0.29, 0.717) is 5.69 Å². The van der Waals surface area contributed by atoms with Crippen LogP contribution in [0.4, 0.5) is 15.8 Å². The molecule has 0 aliphatic carbocycles. The molecule has 0 atom stereocenters. The number of rotatable bonds is 8. The van der Waals surface area contributed by atoms with Gasteiger partial charge >= 0.3 is 5.97 Å². The van der Waals surface area contributed by atoms with Crippen LogP contribution in [0, 0.1) is 5.82 Å². The number of nitrogens with one attached hydrogen (secondary N) is 1. The Bertz CT molecular complexity index is 1230. The number of carbonyl (C=O) groups excluding carboxylic acids is 2. The number of hydrogen-bond acceptors (Lipinski definition) is 5. The van der Waals surface area contributed by atoms with Crippen LogP contribution in [0.1, 0.15) is 24.2 Å². The molecular weight excluding hydrogens is 447 g/mol. The van der Waals surface area contributed by atoms with Crippen molar-refractivity contribution in [2.24, 2.45) is 0 Å². The Hall–Kier alpha value is -3.72. The van der Waals surface area contributed by atoms with E-state index in [9.17, 15) is 22.4 Å². The quantitative estimate of drug-likeness (QED) is 0.498. The standard InChI is InChI=1S/C24H23FN2O5S/c1-17(2)27(21-8-4-3-5-9-21)23(28)16-32-24(29)18-7-6-10-22(15-18)33(30,31)26-20-13-11-19(25)12-14-20/h3-15,17,26H,16H2,1-2H3. The molecule has 172 valence electrons. The summed E-state index contributed by atoms with van der Waals surface area (Å²) in [5.41, 5.74) is 0.818. The van der Waals surface area contributed by atoms with Crippen LogP contribution in [0.25, 0.3) is 0 Å². The lowest BCUT2D eigenvalue weighted by atomic mass is 10.2. The molecule has 0 radical (unpaired) electrons. The lowest BCUT2D eigenvalue weighted by Crippen LogP contribution is -2.39. The number of esters is 1. The SMILES string of the molecule is CC(C)N(C(=O)COC(=O)c1cccc(S(=O)(=O)Nc2ccc(F)cc2)c1)c1ccccc1. The summed E-state index contributed by atoms with van der Waals surface area (Å²) in [6.45, 7) is 3.18. The summed E-state index contributed by atoms with van der Waals surface area (Å²) in [4.78, 5) is 26.5. The maximum atomic E-state index is 13.0. The van der Waals surface area contributed by atoms with Gasteiger partial charge in [-0.05, 0) is 68.4 Å². The van der Waals surface area contributed by atoms with Crippen LogP contribution in [0.15, 0.2) is 83.8 Å². The van der Waals surface area contributed by atoms with E-state index in [2.05, 4.69) is 4.72 Å². The summed E-state index contributed by atoms with van der Waals surface area (Å²) in [7, 11) is -4.03. The van der Waals surface area contributed by atoms with Crippen molar-refractivity contribution in [2.75, 3.05) is 16.2 Å². The number of para-hydroxylation sites is 1. The van der Waals surface area contributed by atoms with Gasteiger partial charge in [-0.3, -0.25) is 9.52 Å². The van der Waals surface area contributed by atoms with Crippen LogP contribution in [0.2, 0.25) is 0 Å². The van der Waals surface area contributed by atoms with Crippen LogP contribution in [0.5, 0.6) is 0 Å². The van der Waals surface area contributed by atoms with Gasteiger partial charge in [0.05, 0.1) is 10.5 Å². The first-order valence-electron chi connectivity index (χ1n) is 10.1. The van der Waals surface area contributed by atoms with E-state index in [1.165, 1.54) is 35.2 Å². The van der Waals surface area contributed by atoms with Gasteiger partial charge in [-0.15, -0.1) is 0 Å². The van der Waals surface area contributed by atoms with E-state index in [1.54, 1.807) is 24.3 Å². The van der Waals surface area contributed by atoms with Crippen molar-refractivity contribution in [3.8, 4) is 0 Å². The molecule has 0 aliphatic heterocycles. The van der Waals surface area contributed by atoms with Crippen molar-refractivity contribution in [3.63, 3.8) is 0 Å². The van der Waals surface area contributed by atoms with Crippen LogP contribution >= 0.6 is 0 Å². The molecule has 7 nitrogen and oxygen atoms in total. The van der Waals surface area contributed by atoms with Gasteiger partial charge in [-0.2, -0.15) is 0 Å². The first kappa shape index (κ1) is 23.9. The molecule has 0 unspecified atom stereocenters. The van der Waals surface area contributed by atoms with Crippen molar-refractivity contribution in [3.05, 3.63) is 90.2 Å². The second-order valence-electron chi connectivity index (χ2n) is 7.41. The molecule has 3 aromatic carbocycles. The van der Waals surface area contributed by atoms with E-state index in [-0.39, 0.29) is 22.2 Å². The third-order valence-corrected chi connectivity index (χ3v) is 6.00. The fourth-order valence-electron chi connectivity index (χ4n) is 3.12. The zero-order valence-electron chi connectivity index (χ0n) is 18.1. The molecule has 1 amide bonds. The predicted molar refractivity (Wildman–Crippen MR) is 123 cm³/mol. The molecule has 0 heterocycles. The van der Waals surface area contributed by atoms with Crippen LogP contribution < -0.4 is 9.62 Å². The molecular formula is C24H23FN2O5S. The molecule has 33 heavy (non-hydrogen) atoms. The molecule has 0 spiro atoms. The smallest absolute Gasteiger partial charge is 0.338 e. The van der Waals surface area contributed by atoms with Crippen molar-refractivity contribution < 1.29 is 27.1 Å². The third kappa shape index (κ3) is 6.17. The topological polar surface area (TPSA) is 92.8 Å². The average molecular weight is 471 g/mol. The summed E-state index contributed by atoms with van der Waals surface area (Å²) in [6.07, 6.45) is 0. The Balaban J connectivity index is 1.70. The van der Waals surface area contributed by atoms with E-state index >= 15 is 0 Å². The Morgan fingerprint density at radius 1 is 0.970 bits per heavy atom. The van der Waals surface area contributed by atoms with Gasteiger partial charge in [-0.1, -0.05) is 24.3 Å². The maximum absolute atomic E-state index is 13.0. The minimum absolute atomic E-state index is 0.0272. The Morgan fingerprint density at radius 2 is 1.64 bits per heavy atom. The number of carbonyl (C=O) groups is 2. The molecule has 0 bridgehead atoms. The molecule has 0 aromatic heterocycles. The normalized spacial score (nSPS) is 11.2. The van der Waals surface area contributed by atoms with Gasteiger partial charge < -0.3 is 9.64 Å². The summed E-state index contributed by atoms with van der Waals surface area (Å²) in [6, 6.07) is 18.9. The Labute approximate surface area is 191 Å². The second-order valence-corrected chi connectivity index (χ2v) is 9.09. The Kier molecular flexibility index (Phi) is 7.44. The van der Waals surface area contributed by atoms with E-state index in [0.717, 1.165) is 18.2 Å². The van der Waals surface area contributed by atoms with E-state index in [1.807, 2.05) is 19.9 Å². The highest BCUT2D eigenvalue weighted by Gasteiger charge is 2.22. The molecule has 0 saturated heterocycles. The van der Waals surface area contributed by atoms with Gasteiger partial charge in [0.1, 0.15) is 5.82 Å². The number of sulfonamides is 1. The van der Waals surface area contributed by atoms with Crippen molar-refractivity contribution in [2.45, 2.75) is 24.8 Å². The summed E-state index contributed by atoms with van der Waals surface area (Å²) >= 11 is 0. The Morgan fingerprint density at radius 3 is 2.27 bits per heavy atom. The van der Waals surface area contributed by atoms with Gasteiger partial charge in [-0.25, -0.2) is 17.6 Å². The summed E-state index contributed by atoms with van der Waals surface area (Å²) in [5.74, 6) is -1.74. The number of benzene rings is 3. The van der Waals surface area contributed by atoms with Crippen molar-refractivity contribution >= 4 is 33.3 Å². The third-order valence-electron chi connectivity index (χ3n) is 4.62. The second kappa shape index (κ2) is 10.3. The molecule has 0 saturated carbocycles. The first-order chi connectivity index (χ1) is 15.7. The predicted octanol–water partition coefficient (Wildman–Crippen LogP) is 4.22. The molecule has 0 aliphatic rings. The van der Waals surface area contributed by atoms with Crippen molar-refractivity contribution in [1.82, 2.24) is 0 Å². The highest BCUT2D eigenvalue weighted by atomic mass is 32.2. The minimum Gasteiger partial charge on any atom is -0.452 e. The number of hydrogen-bond donors (Lipinski definition) is 1. The van der Waals surface area contributed by atoms with Crippen LogP contribution in [-0.2, 0) is 19.6 Å². The monoisotopic (exact) mass is 470 g/mol. The summed E-state index contributed by atoms with van der Waals surface area (Å²) in [5, 5.41) is 0. The number of amides is 1. The molecule has 3 aromatic rings. The van der Waals surface area contributed by atoms with Gasteiger partial charge in [0, 0.05) is 17.4 Å². The molecule has 1 N–H and O–H groups in total. The molecule has 0 fully saturated rings. The molecule has 3 rings (SSSR count). The summed E-state index contributed by atoms with van der Waals surface area (Å²) < 4.78 is 45.8. The number of halogens is 1. The average Bonchev–Trinajstić information content (AvgIpc) is 2.79. The highest BCUT2D eigenvalue weighted by molar-refractivity contribution is 7.92. The van der Waals surface area contributed by atoms with E-state index in [4.69, 9.17) is 4.74 Å². The number of nitrogens with zero attached hydrogens (tertiary/aromatic N) is 1. The van der Waals surface area contributed by atoms with Gasteiger partial charge in [0.25, 0.3) is 15.9 Å². The first-order valence-corrected chi connectivity index (χ1v) is 11.6. The maximum Gasteiger partial charge on any atom is 0.338 e. The van der Waals surface area contributed by atoms with E-state index < -0.39 is 34.3 Å². The lowest BCUT2D eigenvalue weighted by Gasteiger charge is -2.26. The number of anilines is 2. The van der Waals surface area contributed by atoms with Gasteiger partial charge in [0.2, 0.25) is 0 Å². The largest absolute Gasteiger partial charge is 0.452 e. The molecule has 9 heteroatoms. The van der Waals surface area contributed by atoms with Gasteiger partial charge in [0.15, 0.2) is 6.61 Å². The zero-order chi connectivity index (χ0) is 24.0. The number of ether oxygens (including phenoxy) is 1.